The van der Waals surface area contributed by atoms with Crippen molar-refractivity contribution in [3.8, 4) is 0 Å². The highest BCUT2D eigenvalue weighted by atomic mass is 79.9. The van der Waals surface area contributed by atoms with Gasteiger partial charge in [-0.2, -0.15) is 0 Å². The lowest BCUT2D eigenvalue weighted by atomic mass is 9.82. The lowest BCUT2D eigenvalue weighted by Gasteiger charge is -2.34. The molecule has 4 rings (SSSR count). The van der Waals surface area contributed by atoms with Gasteiger partial charge < -0.3 is 4.90 Å². The van der Waals surface area contributed by atoms with Crippen molar-refractivity contribution < 1.29 is 8.42 Å². The Kier molecular flexibility index (Phi) is 6.37. The molecule has 0 fully saturated rings. The second-order valence-electron chi connectivity index (χ2n) is 9.23. The summed E-state index contributed by atoms with van der Waals surface area (Å²) in [5.74, 6) is 0.549. The van der Waals surface area contributed by atoms with Crippen molar-refractivity contribution in [2.24, 2.45) is 5.41 Å². The Morgan fingerprint density at radius 1 is 1.00 bits per heavy atom. The summed E-state index contributed by atoms with van der Waals surface area (Å²) in [6, 6.07) is 0. The van der Waals surface area contributed by atoms with E-state index in [1.165, 1.54) is 11.1 Å². The maximum atomic E-state index is 13.2. The Morgan fingerprint density at radius 2 is 1.81 bits per heavy atom. The number of hydrogen-bond acceptors (Lipinski definition) is 3. The summed E-state index contributed by atoms with van der Waals surface area (Å²) >= 11 is 3.55. The van der Waals surface area contributed by atoms with Gasteiger partial charge in [-0.1, -0.05) is 68.9 Å². The van der Waals surface area contributed by atoms with Gasteiger partial charge in [-0.05, 0) is 76.1 Å². The van der Waals surface area contributed by atoms with Crippen molar-refractivity contribution in [3.05, 3.63) is 104 Å². The number of sulfonamides is 1. The molecule has 2 heterocycles. The van der Waals surface area contributed by atoms with Gasteiger partial charge in [-0.15, -0.1) is 0 Å². The van der Waals surface area contributed by atoms with Crippen LogP contribution in [0.2, 0.25) is 0 Å². The molecule has 4 aliphatic rings. The van der Waals surface area contributed by atoms with Gasteiger partial charge in [-0.25, -0.2) is 8.42 Å². The summed E-state index contributed by atoms with van der Waals surface area (Å²) in [5.41, 5.74) is 4.61. The molecule has 4 nitrogen and oxygen atoms in total. The summed E-state index contributed by atoms with van der Waals surface area (Å²) in [5, 5.41) is 0. The molecule has 0 aromatic rings. The second-order valence-corrected chi connectivity index (χ2v) is 11.8. The summed E-state index contributed by atoms with van der Waals surface area (Å²) in [6.45, 7) is 7.06. The number of nitrogens with one attached hydrogen (secondary N) is 1. The van der Waals surface area contributed by atoms with Gasteiger partial charge in [0.25, 0.3) is 10.0 Å². The molecule has 0 aromatic heterocycles. The SMILES string of the molecule is CC(C)(C)C1=CC=C(S(=O)(=O)NC2=C(Br)C=CC3=CC(C4=CCC=CC=C4)=CCN32)CC1. The number of nitrogens with zero attached hydrogens (tertiary/aromatic N) is 1. The van der Waals surface area contributed by atoms with E-state index in [9.17, 15) is 8.42 Å². The van der Waals surface area contributed by atoms with Gasteiger partial charge in [0, 0.05) is 12.2 Å². The zero-order valence-corrected chi connectivity index (χ0v) is 21.1. The van der Waals surface area contributed by atoms with E-state index in [2.05, 4.69) is 84.0 Å². The Morgan fingerprint density at radius 3 is 2.53 bits per heavy atom. The average Bonchev–Trinajstić information content (AvgIpc) is 3.04. The standard InChI is InChI=1S/C26H29BrN2O2S/c1-26(2,3)21-10-13-23(14-11-21)32(30,31)28-25-24(27)15-12-22-18-20(16-17-29(22)25)19-8-6-4-5-7-9-19/h4-6,8-10,12-13,15-16,18,28H,7,11,14,17H2,1-3H3. The first-order valence-corrected chi connectivity index (χ1v) is 13.2. The van der Waals surface area contributed by atoms with Gasteiger partial charge in [0.15, 0.2) is 0 Å². The molecule has 2 aliphatic heterocycles. The van der Waals surface area contributed by atoms with Gasteiger partial charge in [0.2, 0.25) is 0 Å². The molecular formula is C26H29BrN2O2S. The number of fused-ring (bicyclic) bond motifs is 1. The smallest absolute Gasteiger partial charge is 0.259 e. The highest BCUT2D eigenvalue weighted by molar-refractivity contribution is 9.11. The molecule has 0 radical (unpaired) electrons. The van der Waals surface area contributed by atoms with Crippen LogP contribution in [0.1, 0.15) is 40.0 Å². The Balaban J connectivity index is 1.56. The van der Waals surface area contributed by atoms with Crippen molar-refractivity contribution in [1.82, 2.24) is 9.62 Å². The van der Waals surface area contributed by atoms with Crippen LogP contribution in [0.15, 0.2) is 104 Å². The van der Waals surface area contributed by atoms with Crippen LogP contribution >= 0.6 is 15.9 Å². The quantitative estimate of drug-likeness (QED) is 0.483. The van der Waals surface area contributed by atoms with Crippen LogP contribution < -0.4 is 4.72 Å². The van der Waals surface area contributed by atoms with Crippen LogP contribution in [0.25, 0.3) is 0 Å². The van der Waals surface area contributed by atoms with Crippen LogP contribution in [-0.2, 0) is 10.0 Å². The predicted octanol–water partition coefficient (Wildman–Crippen LogP) is 6.26. The average molecular weight is 514 g/mol. The van der Waals surface area contributed by atoms with Gasteiger partial charge in [0.1, 0.15) is 5.82 Å². The Bertz CT molecular complexity index is 1200. The zero-order valence-electron chi connectivity index (χ0n) is 18.7. The molecule has 2 aliphatic carbocycles. The first kappa shape index (κ1) is 22.9. The van der Waals surface area contributed by atoms with Crippen LogP contribution in [-0.4, -0.2) is 19.9 Å². The first-order valence-electron chi connectivity index (χ1n) is 10.9. The molecule has 0 saturated carbocycles. The molecule has 32 heavy (non-hydrogen) atoms. The van der Waals surface area contributed by atoms with Crippen molar-refractivity contribution in [2.75, 3.05) is 6.54 Å². The van der Waals surface area contributed by atoms with E-state index in [-0.39, 0.29) is 5.41 Å². The molecule has 6 heteroatoms. The molecule has 0 unspecified atom stereocenters. The monoisotopic (exact) mass is 512 g/mol. The minimum Gasteiger partial charge on any atom is -0.323 e. The number of allylic oxidation sites excluding steroid dienone is 15. The van der Waals surface area contributed by atoms with Crippen molar-refractivity contribution in [2.45, 2.75) is 40.0 Å². The molecule has 0 bridgehead atoms. The fourth-order valence-electron chi connectivity index (χ4n) is 4.07. The van der Waals surface area contributed by atoms with E-state index in [1.54, 1.807) is 6.08 Å². The molecular weight excluding hydrogens is 484 g/mol. The van der Waals surface area contributed by atoms with E-state index in [0.29, 0.717) is 23.7 Å². The van der Waals surface area contributed by atoms with Crippen LogP contribution in [0.3, 0.4) is 0 Å². The predicted molar refractivity (Wildman–Crippen MR) is 136 cm³/mol. The lowest BCUT2D eigenvalue weighted by Crippen LogP contribution is -2.38. The third kappa shape index (κ3) is 4.86. The topological polar surface area (TPSA) is 49.4 Å². The Labute approximate surface area is 200 Å². The van der Waals surface area contributed by atoms with E-state index < -0.39 is 10.0 Å². The first-order chi connectivity index (χ1) is 15.1. The largest absolute Gasteiger partial charge is 0.323 e. The lowest BCUT2D eigenvalue weighted by molar-refractivity contribution is 0.452. The fraction of sp³-hybridized carbons (Fsp3) is 0.308. The van der Waals surface area contributed by atoms with E-state index >= 15 is 0 Å². The minimum absolute atomic E-state index is 0.0501. The number of halogens is 1. The van der Waals surface area contributed by atoms with E-state index in [4.69, 9.17) is 0 Å². The highest BCUT2D eigenvalue weighted by Crippen LogP contribution is 2.36. The normalized spacial score (nSPS) is 21.2. The second kappa shape index (κ2) is 8.91. The van der Waals surface area contributed by atoms with Crippen LogP contribution in [0.4, 0.5) is 0 Å². The van der Waals surface area contributed by atoms with Gasteiger partial charge in [0.05, 0.1) is 9.39 Å². The van der Waals surface area contributed by atoms with Crippen molar-refractivity contribution in [1.29, 1.82) is 0 Å². The maximum Gasteiger partial charge on any atom is 0.259 e. The molecule has 1 N–H and O–H groups in total. The summed E-state index contributed by atoms with van der Waals surface area (Å²) in [6.07, 6.45) is 24.6. The van der Waals surface area contributed by atoms with Crippen molar-refractivity contribution in [3.63, 3.8) is 0 Å². The maximum absolute atomic E-state index is 13.2. The molecule has 168 valence electrons. The third-order valence-electron chi connectivity index (χ3n) is 5.99. The van der Waals surface area contributed by atoms with Gasteiger partial charge >= 0.3 is 0 Å². The fourth-order valence-corrected chi connectivity index (χ4v) is 5.87. The van der Waals surface area contributed by atoms with Gasteiger partial charge in [-0.3, -0.25) is 4.72 Å². The summed E-state index contributed by atoms with van der Waals surface area (Å²) in [7, 11) is -3.65. The molecule has 0 saturated heterocycles. The van der Waals surface area contributed by atoms with Crippen LogP contribution in [0, 0.1) is 5.41 Å². The summed E-state index contributed by atoms with van der Waals surface area (Å²) < 4.78 is 30.0. The van der Waals surface area contributed by atoms with Crippen molar-refractivity contribution >= 4 is 26.0 Å². The summed E-state index contributed by atoms with van der Waals surface area (Å²) in [4.78, 5) is 2.41. The van der Waals surface area contributed by atoms with E-state index in [1.807, 2.05) is 23.1 Å². The Hall–Kier alpha value is -2.31. The third-order valence-corrected chi connectivity index (χ3v) is 8.12. The molecule has 0 aromatic carbocycles. The van der Waals surface area contributed by atoms with Crippen LogP contribution in [0.5, 0.6) is 0 Å². The minimum atomic E-state index is -3.65. The number of hydrogen-bond donors (Lipinski definition) is 1. The van der Waals surface area contributed by atoms with E-state index in [0.717, 1.165) is 28.6 Å². The molecule has 0 atom stereocenters. The number of rotatable bonds is 4. The molecule has 0 spiro atoms. The molecule has 0 amide bonds. The highest BCUT2D eigenvalue weighted by Gasteiger charge is 2.29. The zero-order chi connectivity index (χ0) is 22.9.